The Bertz CT molecular complexity index is 611. The van der Waals surface area contributed by atoms with Crippen LogP contribution in [-0.4, -0.2) is 21.9 Å². The molecule has 0 saturated carbocycles. The van der Waals surface area contributed by atoms with Crippen LogP contribution >= 0.6 is 0 Å². The summed E-state index contributed by atoms with van der Waals surface area (Å²) in [5.41, 5.74) is -1.05. The smallest absolute Gasteiger partial charge is 0.548 e. The number of carboxylic acid groups (broad SMARTS) is 1. The van der Waals surface area contributed by atoms with Crippen LogP contribution in [0.5, 0.6) is 0 Å². The van der Waals surface area contributed by atoms with E-state index in [4.69, 9.17) is 0 Å². The number of non-ortho nitro benzene ring substituents is 1. The van der Waals surface area contributed by atoms with Gasteiger partial charge in [0.2, 0.25) is 0 Å². The molecule has 1 aromatic rings. The van der Waals surface area contributed by atoms with Gasteiger partial charge in [-0.2, -0.15) is 0 Å². The molecular weight excluding hydrogens is 341 g/mol. The van der Waals surface area contributed by atoms with Crippen LogP contribution in [0.3, 0.4) is 0 Å². The van der Waals surface area contributed by atoms with Crippen molar-refractivity contribution in [2.75, 3.05) is 5.32 Å². The van der Waals surface area contributed by atoms with E-state index in [9.17, 15) is 30.1 Å². The molecule has 0 aliphatic carbocycles. The SMILES string of the molecule is CCCCCCC[C@H](Nc1ccc([N+](=O)[O-])cc1[N+](=O)[O-])C(=O)[O-].[Na+]. The van der Waals surface area contributed by atoms with Gasteiger partial charge >= 0.3 is 29.6 Å². The number of nitro benzene ring substituents is 2. The van der Waals surface area contributed by atoms with Crippen molar-refractivity contribution in [3.8, 4) is 0 Å². The average Bonchev–Trinajstić information content (AvgIpc) is 2.53. The maximum Gasteiger partial charge on any atom is 1.00 e. The summed E-state index contributed by atoms with van der Waals surface area (Å²) in [5.74, 6) is -1.36. The third-order valence-corrected chi connectivity index (χ3v) is 3.60. The van der Waals surface area contributed by atoms with Crippen LogP contribution in [0.4, 0.5) is 17.1 Å². The first kappa shape index (κ1) is 23.3. The number of unbranched alkanes of at least 4 members (excludes halogenated alkanes) is 4. The standard InChI is InChI=1S/C15H21N3O6.Na/c1-2-3-4-5-6-7-13(15(19)20)16-12-9-8-11(17(21)22)10-14(12)18(23)24;/h8-10,13,16H,2-7H2,1H3,(H,19,20);/q;+1/p-1/t13-;/m0./s1. The summed E-state index contributed by atoms with van der Waals surface area (Å²) >= 11 is 0. The first-order valence-electron chi connectivity index (χ1n) is 7.77. The van der Waals surface area contributed by atoms with E-state index < -0.39 is 33.2 Å². The Kier molecular flexibility index (Phi) is 11.0. The van der Waals surface area contributed by atoms with E-state index in [-0.39, 0.29) is 41.7 Å². The maximum atomic E-state index is 11.2. The van der Waals surface area contributed by atoms with Crippen LogP contribution in [0.25, 0.3) is 0 Å². The Morgan fingerprint density at radius 3 is 2.28 bits per heavy atom. The van der Waals surface area contributed by atoms with Gasteiger partial charge in [0.05, 0.1) is 27.9 Å². The fraction of sp³-hybridized carbons (Fsp3) is 0.533. The van der Waals surface area contributed by atoms with Crippen molar-refractivity contribution in [2.24, 2.45) is 0 Å². The third kappa shape index (κ3) is 7.80. The Labute approximate surface area is 167 Å². The molecule has 9 nitrogen and oxygen atoms in total. The Balaban J connectivity index is 0.00000576. The topological polar surface area (TPSA) is 138 Å². The Morgan fingerprint density at radius 1 is 1.12 bits per heavy atom. The van der Waals surface area contributed by atoms with E-state index in [1.807, 2.05) is 0 Å². The number of carbonyl (C=O) groups is 1. The van der Waals surface area contributed by atoms with Gasteiger partial charge in [0.15, 0.2) is 0 Å². The van der Waals surface area contributed by atoms with Crippen molar-refractivity contribution >= 4 is 23.0 Å². The van der Waals surface area contributed by atoms with E-state index in [1.165, 1.54) is 0 Å². The molecule has 132 valence electrons. The normalized spacial score (nSPS) is 11.2. The average molecular weight is 361 g/mol. The van der Waals surface area contributed by atoms with Crippen molar-refractivity contribution in [1.29, 1.82) is 0 Å². The third-order valence-electron chi connectivity index (χ3n) is 3.60. The number of anilines is 1. The Morgan fingerprint density at radius 2 is 1.76 bits per heavy atom. The zero-order chi connectivity index (χ0) is 18.1. The van der Waals surface area contributed by atoms with Crippen LogP contribution in [-0.2, 0) is 4.79 Å². The van der Waals surface area contributed by atoms with Crippen molar-refractivity contribution in [1.82, 2.24) is 0 Å². The minimum Gasteiger partial charge on any atom is -0.548 e. The van der Waals surface area contributed by atoms with Crippen molar-refractivity contribution in [2.45, 2.75) is 51.5 Å². The van der Waals surface area contributed by atoms with Gasteiger partial charge in [-0.15, -0.1) is 0 Å². The van der Waals surface area contributed by atoms with Gasteiger partial charge in [0.25, 0.3) is 11.4 Å². The zero-order valence-electron chi connectivity index (χ0n) is 14.4. The molecule has 0 fully saturated rings. The molecule has 10 heteroatoms. The van der Waals surface area contributed by atoms with Crippen LogP contribution < -0.4 is 40.0 Å². The fourth-order valence-electron chi connectivity index (χ4n) is 2.30. The molecular formula is C15H20N3NaO6. The first-order valence-corrected chi connectivity index (χ1v) is 7.77. The van der Waals surface area contributed by atoms with Gasteiger partial charge in [-0.25, -0.2) is 0 Å². The van der Waals surface area contributed by atoms with Gasteiger partial charge in [-0.05, 0) is 12.5 Å². The Hall–Kier alpha value is -1.71. The number of benzene rings is 1. The van der Waals surface area contributed by atoms with Gasteiger partial charge in [-0.1, -0.05) is 39.0 Å². The minimum absolute atomic E-state index is 0. The minimum atomic E-state index is -1.36. The van der Waals surface area contributed by atoms with Crippen LogP contribution in [0, 0.1) is 20.2 Å². The summed E-state index contributed by atoms with van der Waals surface area (Å²) in [7, 11) is 0. The van der Waals surface area contributed by atoms with Gasteiger partial charge in [0.1, 0.15) is 5.69 Å². The number of rotatable bonds is 11. The summed E-state index contributed by atoms with van der Waals surface area (Å²) in [5, 5.41) is 35.6. The number of aliphatic carboxylic acids is 1. The summed E-state index contributed by atoms with van der Waals surface area (Å²) in [6.45, 7) is 2.07. The molecule has 0 unspecified atom stereocenters. The molecule has 25 heavy (non-hydrogen) atoms. The van der Waals surface area contributed by atoms with Crippen LogP contribution in [0.1, 0.15) is 45.4 Å². The second-order valence-corrected chi connectivity index (χ2v) is 5.43. The molecule has 1 rings (SSSR count). The van der Waals surface area contributed by atoms with Gasteiger partial charge < -0.3 is 15.2 Å². The molecule has 0 spiro atoms. The number of hydrogen-bond acceptors (Lipinski definition) is 7. The summed E-state index contributed by atoms with van der Waals surface area (Å²) in [6, 6.07) is 1.94. The van der Waals surface area contributed by atoms with Crippen molar-refractivity contribution in [3.63, 3.8) is 0 Å². The molecule has 0 aliphatic rings. The number of nitrogens with one attached hydrogen (secondary N) is 1. The molecule has 0 aliphatic heterocycles. The quantitative estimate of drug-likeness (QED) is 0.240. The predicted octanol–water partition coefficient (Wildman–Crippen LogP) is -0.602. The molecule has 1 N–H and O–H groups in total. The molecule has 1 aromatic carbocycles. The van der Waals surface area contributed by atoms with Crippen molar-refractivity contribution < 1.29 is 49.3 Å². The van der Waals surface area contributed by atoms with Gasteiger partial charge in [0, 0.05) is 6.07 Å². The number of hydrogen-bond donors (Lipinski definition) is 1. The molecule has 0 heterocycles. The van der Waals surface area contributed by atoms with Crippen molar-refractivity contribution in [3.05, 3.63) is 38.4 Å². The van der Waals surface area contributed by atoms with E-state index in [0.29, 0.717) is 6.42 Å². The molecule has 0 aromatic heterocycles. The van der Waals surface area contributed by atoms with Crippen LogP contribution in [0.15, 0.2) is 18.2 Å². The second kappa shape index (κ2) is 11.8. The van der Waals surface area contributed by atoms with E-state index in [2.05, 4.69) is 12.2 Å². The monoisotopic (exact) mass is 361 g/mol. The second-order valence-electron chi connectivity index (χ2n) is 5.43. The van der Waals surface area contributed by atoms with E-state index >= 15 is 0 Å². The van der Waals surface area contributed by atoms with Gasteiger partial charge in [-0.3, -0.25) is 20.2 Å². The molecule has 1 atom stereocenters. The molecule has 0 radical (unpaired) electrons. The first-order chi connectivity index (χ1) is 11.4. The number of nitro groups is 2. The number of carboxylic acids is 1. The molecule has 0 amide bonds. The number of nitrogens with zero attached hydrogens (tertiary/aromatic N) is 2. The number of carbonyl (C=O) groups excluding carboxylic acids is 1. The summed E-state index contributed by atoms with van der Waals surface area (Å²) < 4.78 is 0. The fourth-order valence-corrected chi connectivity index (χ4v) is 2.30. The maximum absolute atomic E-state index is 11.2. The predicted molar refractivity (Wildman–Crippen MR) is 85.5 cm³/mol. The van der Waals surface area contributed by atoms with Crippen LogP contribution in [0.2, 0.25) is 0 Å². The summed E-state index contributed by atoms with van der Waals surface area (Å²) in [4.78, 5) is 31.5. The van der Waals surface area contributed by atoms with E-state index in [1.54, 1.807) is 0 Å². The van der Waals surface area contributed by atoms with E-state index in [0.717, 1.165) is 43.9 Å². The molecule has 0 bridgehead atoms. The summed E-state index contributed by atoms with van der Waals surface area (Å²) in [6.07, 6.45) is 4.90. The molecule has 0 saturated heterocycles. The largest absolute Gasteiger partial charge is 1.00 e. The zero-order valence-corrected chi connectivity index (χ0v) is 16.4.